The van der Waals surface area contributed by atoms with Gasteiger partial charge in [0.25, 0.3) is 11.7 Å². The Morgan fingerprint density at radius 2 is 1.97 bits per heavy atom. The largest absolute Gasteiger partial charge is 0.507 e. The lowest BCUT2D eigenvalue weighted by Crippen LogP contribution is -2.31. The molecule has 0 aliphatic carbocycles. The SMILES string of the molecule is CC(C)OCCCN1C(=O)C(=O)C(=C(O)c2ccc(Br)cc2)[C@H]1c1cccnc1. The highest BCUT2D eigenvalue weighted by Gasteiger charge is 2.45. The number of likely N-dealkylation sites (tertiary alicyclic amines) is 1. The van der Waals surface area contributed by atoms with E-state index in [1.807, 2.05) is 13.8 Å². The standard InChI is InChI=1S/C22H23BrN2O4/c1-14(2)29-12-4-11-25-19(16-5-3-10-24-13-16)18(21(27)22(25)28)20(26)15-6-8-17(23)9-7-15/h3,5-10,13-14,19,26H,4,11-12H2,1-2H3/t19-/m1/s1. The first-order valence-electron chi connectivity index (χ1n) is 9.46. The van der Waals surface area contributed by atoms with Crippen LogP contribution in [0.5, 0.6) is 0 Å². The summed E-state index contributed by atoms with van der Waals surface area (Å²) in [5.41, 5.74) is 1.23. The van der Waals surface area contributed by atoms with E-state index in [1.165, 1.54) is 4.90 Å². The molecule has 1 aliphatic rings. The minimum Gasteiger partial charge on any atom is -0.507 e. The summed E-state index contributed by atoms with van der Waals surface area (Å²) in [6.07, 6.45) is 3.92. The molecular weight excluding hydrogens is 436 g/mol. The molecule has 1 N–H and O–H groups in total. The van der Waals surface area contributed by atoms with Crippen molar-refractivity contribution in [1.29, 1.82) is 0 Å². The number of hydrogen-bond acceptors (Lipinski definition) is 5. The average molecular weight is 459 g/mol. The van der Waals surface area contributed by atoms with Crippen LogP contribution >= 0.6 is 15.9 Å². The van der Waals surface area contributed by atoms with Gasteiger partial charge in [-0.1, -0.05) is 34.1 Å². The molecule has 6 nitrogen and oxygen atoms in total. The van der Waals surface area contributed by atoms with Crippen molar-refractivity contribution in [2.75, 3.05) is 13.2 Å². The number of hydrogen-bond donors (Lipinski definition) is 1. The Labute approximate surface area is 178 Å². The molecule has 0 unspecified atom stereocenters. The molecule has 0 saturated carbocycles. The zero-order chi connectivity index (χ0) is 21.0. The maximum Gasteiger partial charge on any atom is 0.295 e. The van der Waals surface area contributed by atoms with Crippen LogP contribution in [-0.4, -0.2) is 45.9 Å². The van der Waals surface area contributed by atoms with E-state index in [4.69, 9.17) is 4.74 Å². The van der Waals surface area contributed by atoms with E-state index in [0.29, 0.717) is 30.7 Å². The molecule has 2 aromatic rings. The first kappa shape index (κ1) is 21.2. The number of rotatable bonds is 7. The summed E-state index contributed by atoms with van der Waals surface area (Å²) >= 11 is 3.36. The fourth-order valence-electron chi connectivity index (χ4n) is 3.31. The van der Waals surface area contributed by atoms with Gasteiger partial charge in [0.15, 0.2) is 0 Å². The van der Waals surface area contributed by atoms with Crippen molar-refractivity contribution in [3.63, 3.8) is 0 Å². The highest BCUT2D eigenvalue weighted by Crippen LogP contribution is 2.39. The number of aliphatic hydroxyl groups excluding tert-OH is 1. The van der Waals surface area contributed by atoms with Crippen molar-refractivity contribution in [2.45, 2.75) is 32.4 Å². The second-order valence-electron chi connectivity index (χ2n) is 7.06. The van der Waals surface area contributed by atoms with E-state index in [0.717, 1.165) is 4.47 Å². The minimum atomic E-state index is -0.691. The van der Waals surface area contributed by atoms with E-state index in [9.17, 15) is 14.7 Å². The molecule has 1 fully saturated rings. The van der Waals surface area contributed by atoms with Gasteiger partial charge in [-0.25, -0.2) is 0 Å². The lowest BCUT2D eigenvalue weighted by Gasteiger charge is -2.25. The Kier molecular flexibility index (Phi) is 6.82. The lowest BCUT2D eigenvalue weighted by atomic mass is 9.96. The Morgan fingerprint density at radius 1 is 1.24 bits per heavy atom. The van der Waals surface area contributed by atoms with E-state index in [2.05, 4.69) is 20.9 Å². The smallest absolute Gasteiger partial charge is 0.295 e. The molecule has 7 heteroatoms. The summed E-state index contributed by atoms with van der Waals surface area (Å²) in [4.78, 5) is 31.3. The molecule has 1 aliphatic heterocycles. The number of carbonyl (C=O) groups excluding carboxylic acids is 2. The van der Waals surface area contributed by atoms with Crippen LogP contribution in [0.25, 0.3) is 5.76 Å². The average Bonchev–Trinajstić information content (AvgIpc) is 2.96. The van der Waals surface area contributed by atoms with Gasteiger partial charge in [0.05, 0.1) is 17.7 Å². The Balaban J connectivity index is 1.99. The normalized spacial score (nSPS) is 18.6. The van der Waals surface area contributed by atoms with Crippen molar-refractivity contribution in [3.8, 4) is 0 Å². The number of Topliss-reactive ketones (excluding diaryl/α,β-unsaturated/α-hetero) is 1. The van der Waals surface area contributed by atoms with E-state index in [1.54, 1.807) is 48.8 Å². The molecule has 29 heavy (non-hydrogen) atoms. The number of benzene rings is 1. The number of ketones is 1. The van der Waals surface area contributed by atoms with Crippen LogP contribution in [0.15, 0.2) is 58.8 Å². The zero-order valence-electron chi connectivity index (χ0n) is 16.3. The third-order valence-corrected chi connectivity index (χ3v) is 5.18. The van der Waals surface area contributed by atoms with Crippen molar-refractivity contribution in [3.05, 3.63) is 70.0 Å². The summed E-state index contributed by atoms with van der Waals surface area (Å²) in [7, 11) is 0. The van der Waals surface area contributed by atoms with Crippen LogP contribution in [0.3, 0.4) is 0 Å². The van der Waals surface area contributed by atoms with Gasteiger partial charge in [-0.15, -0.1) is 0 Å². The number of carbonyl (C=O) groups is 2. The zero-order valence-corrected chi connectivity index (χ0v) is 17.9. The highest BCUT2D eigenvalue weighted by molar-refractivity contribution is 9.10. The van der Waals surface area contributed by atoms with Gasteiger partial charge >= 0.3 is 0 Å². The number of aromatic nitrogens is 1. The molecule has 0 spiro atoms. The van der Waals surface area contributed by atoms with Gasteiger partial charge in [0.2, 0.25) is 0 Å². The third kappa shape index (κ3) is 4.74. The van der Waals surface area contributed by atoms with Crippen LogP contribution in [0.2, 0.25) is 0 Å². The molecule has 1 aromatic carbocycles. The summed E-state index contributed by atoms with van der Waals surface area (Å²) in [6.45, 7) is 4.71. The van der Waals surface area contributed by atoms with Crippen molar-refractivity contribution >= 4 is 33.4 Å². The predicted molar refractivity (Wildman–Crippen MR) is 113 cm³/mol. The fraction of sp³-hybridized carbons (Fsp3) is 0.318. The number of amides is 1. The van der Waals surface area contributed by atoms with Crippen molar-refractivity contribution < 1.29 is 19.4 Å². The maximum absolute atomic E-state index is 12.9. The van der Waals surface area contributed by atoms with Gasteiger partial charge in [-0.05, 0) is 44.0 Å². The van der Waals surface area contributed by atoms with Crippen LogP contribution in [-0.2, 0) is 14.3 Å². The molecule has 1 saturated heterocycles. The summed E-state index contributed by atoms with van der Waals surface area (Å²) in [5, 5.41) is 10.9. The Morgan fingerprint density at radius 3 is 2.59 bits per heavy atom. The molecular formula is C22H23BrN2O4. The van der Waals surface area contributed by atoms with Crippen molar-refractivity contribution in [2.24, 2.45) is 0 Å². The van der Waals surface area contributed by atoms with Gasteiger partial charge in [0, 0.05) is 35.6 Å². The van der Waals surface area contributed by atoms with E-state index in [-0.39, 0.29) is 17.4 Å². The van der Waals surface area contributed by atoms with Gasteiger partial charge in [-0.3, -0.25) is 14.6 Å². The molecule has 152 valence electrons. The fourth-order valence-corrected chi connectivity index (χ4v) is 3.58. The summed E-state index contributed by atoms with van der Waals surface area (Å²) < 4.78 is 6.41. The number of pyridine rings is 1. The maximum atomic E-state index is 12.9. The molecule has 1 amide bonds. The third-order valence-electron chi connectivity index (χ3n) is 4.65. The first-order valence-corrected chi connectivity index (χ1v) is 10.3. The van der Waals surface area contributed by atoms with Crippen LogP contribution < -0.4 is 0 Å². The van der Waals surface area contributed by atoms with Crippen LogP contribution in [0.1, 0.15) is 37.4 Å². The Hall–Kier alpha value is -2.51. The Bertz CT molecular complexity index is 910. The number of aliphatic hydroxyl groups is 1. The molecule has 1 atom stereocenters. The quantitative estimate of drug-likeness (QED) is 0.292. The minimum absolute atomic E-state index is 0.0788. The topological polar surface area (TPSA) is 79.7 Å². The summed E-state index contributed by atoms with van der Waals surface area (Å²) in [5.74, 6) is -1.50. The molecule has 3 rings (SSSR count). The second-order valence-corrected chi connectivity index (χ2v) is 7.97. The highest BCUT2D eigenvalue weighted by atomic mass is 79.9. The molecule has 1 aromatic heterocycles. The van der Waals surface area contributed by atoms with Crippen molar-refractivity contribution in [1.82, 2.24) is 9.88 Å². The first-order chi connectivity index (χ1) is 13.9. The molecule has 2 heterocycles. The van der Waals surface area contributed by atoms with Gasteiger partial charge < -0.3 is 14.7 Å². The number of halogens is 1. The monoisotopic (exact) mass is 458 g/mol. The summed E-state index contributed by atoms with van der Waals surface area (Å²) in [6, 6.07) is 9.80. The molecule has 0 bridgehead atoms. The second kappa shape index (κ2) is 9.33. The molecule has 0 radical (unpaired) electrons. The van der Waals surface area contributed by atoms with Crippen LogP contribution in [0, 0.1) is 0 Å². The van der Waals surface area contributed by atoms with Crippen LogP contribution in [0.4, 0.5) is 0 Å². The number of nitrogens with zero attached hydrogens (tertiary/aromatic N) is 2. The predicted octanol–water partition coefficient (Wildman–Crippen LogP) is 4.08. The lowest BCUT2D eigenvalue weighted by molar-refractivity contribution is -0.140. The van der Waals surface area contributed by atoms with Gasteiger partial charge in [-0.2, -0.15) is 0 Å². The van der Waals surface area contributed by atoms with E-state index < -0.39 is 17.7 Å². The van der Waals surface area contributed by atoms with E-state index >= 15 is 0 Å². The van der Waals surface area contributed by atoms with Gasteiger partial charge in [0.1, 0.15) is 5.76 Å². The number of ether oxygens (including phenoxy) is 1.